The van der Waals surface area contributed by atoms with E-state index in [-0.39, 0.29) is 27.4 Å². The summed E-state index contributed by atoms with van der Waals surface area (Å²) < 4.78 is 5.13. The number of benzene rings is 1. The lowest BCUT2D eigenvalue weighted by Crippen LogP contribution is -2.50. The molecule has 0 bridgehead atoms. The van der Waals surface area contributed by atoms with E-state index in [1.807, 2.05) is 0 Å². The van der Waals surface area contributed by atoms with Crippen molar-refractivity contribution in [2.75, 3.05) is 26.2 Å². The first kappa shape index (κ1) is 17.6. The summed E-state index contributed by atoms with van der Waals surface area (Å²) in [5.74, 6) is -0.107. The van der Waals surface area contributed by atoms with Gasteiger partial charge in [-0.15, -0.1) is 0 Å². The first-order valence-corrected chi connectivity index (χ1v) is 8.41. The van der Waals surface area contributed by atoms with Gasteiger partial charge in [-0.25, -0.2) is 0 Å². The lowest BCUT2D eigenvalue weighted by molar-refractivity contribution is -0.126. The largest absolute Gasteiger partial charge is 0.459 e. The molecule has 1 aliphatic rings. The number of furan rings is 1. The Morgan fingerprint density at radius 1 is 1.12 bits per heavy atom. The van der Waals surface area contributed by atoms with Crippen molar-refractivity contribution in [2.45, 2.75) is 0 Å². The Kier molecular flexibility index (Phi) is 5.16. The minimum absolute atomic E-state index is 0.177. The summed E-state index contributed by atoms with van der Waals surface area (Å²) in [6.07, 6.45) is 1.46. The number of carbonyl (C=O) groups is 2. The van der Waals surface area contributed by atoms with E-state index in [0.29, 0.717) is 37.5 Å². The molecule has 129 valence electrons. The number of hydrogen-bond acceptors (Lipinski definition) is 3. The fourth-order valence-electron chi connectivity index (χ4n) is 2.66. The van der Waals surface area contributed by atoms with Crippen LogP contribution in [0.5, 0.6) is 0 Å². The van der Waals surface area contributed by atoms with Gasteiger partial charge < -0.3 is 14.2 Å². The zero-order valence-corrected chi connectivity index (χ0v) is 14.8. The lowest BCUT2D eigenvalue weighted by Gasteiger charge is -2.34. The van der Waals surface area contributed by atoms with Crippen LogP contribution in [0.3, 0.4) is 0 Å². The number of nitrogens with zero attached hydrogens (tertiary/aromatic N) is 2. The molecule has 7 heteroatoms. The summed E-state index contributed by atoms with van der Waals surface area (Å²) in [6.45, 7) is 5.53. The van der Waals surface area contributed by atoms with E-state index in [9.17, 15) is 9.59 Å². The molecule has 1 aliphatic heterocycles. The van der Waals surface area contributed by atoms with Crippen LogP contribution in [0.15, 0.2) is 41.5 Å². The fourth-order valence-corrected chi connectivity index (χ4v) is 3.06. The molecule has 25 heavy (non-hydrogen) atoms. The number of piperazine rings is 1. The van der Waals surface area contributed by atoms with Crippen molar-refractivity contribution in [3.63, 3.8) is 0 Å². The van der Waals surface area contributed by atoms with Crippen molar-refractivity contribution in [3.05, 3.63) is 64.5 Å². The topological polar surface area (TPSA) is 53.8 Å². The molecule has 2 amide bonds. The number of amides is 2. The van der Waals surface area contributed by atoms with Gasteiger partial charge in [0.1, 0.15) is 0 Å². The van der Waals surface area contributed by atoms with Gasteiger partial charge in [-0.05, 0) is 12.1 Å². The van der Waals surface area contributed by atoms with Crippen LogP contribution in [-0.2, 0) is 4.79 Å². The molecule has 0 saturated carbocycles. The van der Waals surface area contributed by atoms with Gasteiger partial charge in [0.25, 0.3) is 11.8 Å². The summed E-state index contributed by atoms with van der Waals surface area (Å²) in [7, 11) is 0. The van der Waals surface area contributed by atoms with E-state index < -0.39 is 0 Å². The van der Waals surface area contributed by atoms with E-state index >= 15 is 0 Å². The Labute approximate surface area is 155 Å². The summed E-state index contributed by atoms with van der Waals surface area (Å²) in [5, 5.41) is 0.510. The van der Waals surface area contributed by atoms with Crippen LogP contribution < -0.4 is 0 Å². The SMILES string of the molecule is C=C(C(=O)N1CCN(C(=O)c2ccco2)CC1)c1cc[c]c(Cl)c1Cl. The number of halogens is 2. The first-order chi connectivity index (χ1) is 12.0. The minimum atomic E-state index is -0.228. The Morgan fingerprint density at radius 2 is 1.80 bits per heavy atom. The molecule has 0 unspecified atom stereocenters. The highest BCUT2D eigenvalue weighted by molar-refractivity contribution is 6.44. The second-order valence-electron chi connectivity index (χ2n) is 5.56. The van der Waals surface area contributed by atoms with Crippen LogP contribution in [0, 0.1) is 6.07 Å². The Hall–Kier alpha value is -2.24. The third-order valence-corrected chi connectivity index (χ3v) is 4.85. The third kappa shape index (κ3) is 3.57. The van der Waals surface area contributed by atoms with Crippen molar-refractivity contribution in [2.24, 2.45) is 0 Å². The molecule has 1 aromatic carbocycles. The molecule has 3 rings (SSSR count). The van der Waals surface area contributed by atoms with Crippen molar-refractivity contribution in [1.29, 1.82) is 0 Å². The van der Waals surface area contributed by atoms with E-state index in [2.05, 4.69) is 12.6 Å². The predicted octanol–water partition coefficient (Wildman–Crippen LogP) is 3.38. The first-order valence-electron chi connectivity index (χ1n) is 7.66. The zero-order valence-electron chi connectivity index (χ0n) is 13.3. The minimum Gasteiger partial charge on any atom is -0.459 e. The molecule has 0 aliphatic carbocycles. The van der Waals surface area contributed by atoms with Gasteiger partial charge in [0, 0.05) is 43.4 Å². The molecule has 2 aromatic rings. The van der Waals surface area contributed by atoms with Crippen LogP contribution in [0.25, 0.3) is 5.57 Å². The number of rotatable bonds is 3. The quantitative estimate of drug-likeness (QED) is 0.770. The number of carbonyl (C=O) groups excluding carboxylic acids is 2. The van der Waals surface area contributed by atoms with Crippen molar-refractivity contribution in [1.82, 2.24) is 9.80 Å². The van der Waals surface area contributed by atoms with Crippen molar-refractivity contribution < 1.29 is 14.0 Å². The molecule has 1 aromatic heterocycles. The maximum atomic E-state index is 12.7. The Bertz CT molecular complexity index is 810. The van der Waals surface area contributed by atoms with Gasteiger partial charge in [0.05, 0.1) is 16.3 Å². The van der Waals surface area contributed by atoms with E-state index in [1.165, 1.54) is 6.26 Å². The molecule has 1 radical (unpaired) electrons. The molecule has 2 heterocycles. The highest BCUT2D eigenvalue weighted by atomic mass is 35.5. The van der Waals surface area contributed by atoms with Crippen LogP contribution in [-0.4, -0.2) is 47.8 Å². The predicted molar refractivity (Wildman–Crippen MR) is 95.5 cm³/mol. The Morgan fingerprint density at radius 3 is 2.44 bits per heavy atom. The highest BCUT2D eigenvalue weighted by Gasteiger charge is 2.28. The normalized spacial score (nSPS) is 14.5. The maximum absolute atomic E-state index is 12.7. The Balaban J connectivity index is 1.64. The summed E-state index contributed by atoms with van der Waals surface area (Å²) in [5.41, 5.74) is 0.760. The average molecular weight is 378 g/mol. The highest BCUT2D eigenvalue weighted by Crippen LogP contribution is 2.30. The maximum Gasteiger partial charge on any atom is 0.289 e. The molecule has 1 saturated heterocycles. The van der Waals surface area contributed by atoms with E-state index in [1.54, 1.807) is 34.1 Å². The van der Waals surface area contributed by atoms with Crippen LogP contribution in [0.2, 0.25) is 10.0 Å². The van der Waals surface area contributed by atoms with Crippen LogP contribution in [0.1, 0.15) is 16.1 Å². The summed E-state index contributed by atoms with van der Waals surface area (Å²) >= 11 is 12.1. The average Bonchev–Trinajstić information content (AvgIpc) is 3.17. The van der Waals surface area contributed by atoms with Crippen LogP contribution >= 0.6 is 23.2 Å². The molecular weight excluding hydrogens is 363 g/mol. The van der Waals surface area contributed by atoms with Crippen molar-refractivity contribution in [3.8, 4) is 0 Å². The fraction of sp³-hybridized carbons (Fsp3) is 0.222. The lowest BCUT2D eigenvalue weighted by atomic mass is 10.1. The molecular formula is C18H15Cl2N2O3. The molecule has 5 nitrogen and oxygen atoms in total. The van der Waals surface area contributed by atoms with Crippen LogP contribution in [0.4, 0.5) is 0 Å². The second kappa shape index (κ2) is 7.33. The standard InChI is InChI=1S/C18H15Cl2N2O3/c1-12(13-4-2-5-14(19)16(13)20)17(23)21-7-9-22(10-8-21)18(24)15-6-3-11-25-15/h2-4,6,11H,1,7-10H2. The van der Waals surface area contributed by atoms with Gasteiger partial charge >= 0.3 is 0 Å². The second-order valence-corrected chi connectivity index (χ2v) is 6.32. The smallest absolute Gasteiger partial charge is 0.289 e. The molecule has 0 spiro atoms. The van der Waals surface area contributed by atoms with E-state index in [0.717, 1.165) is 0 Å². The van der Waals surface area contributed by atoms with Gasteiger partial charge in [0.15, 0.2) is 5.76 Å². The van der Waals surface area contributed by atoms with Gasteiger partial charge in [0.2, 0.25) is 0 Å². The van der Waals surface area contributed by atoms with E-state index in [4.69, 9.17) is 27.6 Å². The van der Waals surface area contributed by atoms with Gasteiger partial charge in [-0.3, -0.25) is 9.59 Å². The molecule has 0 N–H and O–H groups in total. The monoisotopic (exact) mass is 377 g/mol. The zero-order chi connectivity index (χ0) is 18.0. The van der Waals surface area contributed by atoms with Gasteiger partial charge in [-0.1, -0.05) is 41.9 Å². The van der Waals surface area contributed by atoms with Gasteiger partial charge in [-0.2, -0.15) is 0 Å². The molecule has 1 fully saturated rings. The molecule has 0 atom stereocenters. The summed E-state index contributed by atoms with van der Waals surface area (Å²) in [6, 6.07) is 9.31. The number of hydrogen-bond donors (Lipinski definition) is 0. The third-order valence-electron chi connectivity index (χ3n) is 4.06. The van der Waals surface area contributed by atoms with Crippen molar-refractivity contribution >= 4 is 40.6 Å². The summed E-state index contributed by atoms with van der Waals surface area (Å²) in [4.78, 5) is 28.2.